The molecule has 0 bridgehead atoms. The van der Waals surface area contributed by atoms with Gasteiger partial charge in [0.2, 0.25) is 0 Å². The molecule has 0 atom stereocenters. The summed E-state index contributed by atoms with van der Waals surface area (Å²) in [5, 5.41) is 13.6. The van der Waals surface area contributed by atoms with Gasteiger partial charge >= 0.3 is 18.9 Å². The molecule has 0 unspecified atom stereocenters. The van der Waals surface area contributed by atoms with E-state index in [1.165, 1.54) is 0 Å². The zero-order chi connectivity index (χ0) is 3.58. The fourth-order valence-corrected chi connectivity index (χ4v) is 0. The van der Waals surface area contributed by atoms with Crippen molar-refractivity contribution in [3.05, 3.63) is 10.1 Å². The van der Waals surface area contributed by atoms with E-state index >= 15 is 0 Å². The Bertz CT molecular complexity index is 35.4. The molecule has 0 aliphatic carbocycles. The van der Waals surface area contributed by atoms with Crippen molar-refractivity contribution in [1.82, 2.24) is 0 Å². The monoisotopic (exact) mass is 107 g/mol. The Hall–Kier alpha value is -0.283. The Morgan fingerprint density at radius 2 is 1.57 bits per heavy atom. The third-order valence-corrected chi connectivity index (χ3v) is 0. The molecule has 0 rings (SSSR count). The topological polar surface area (TPSA) is 126 Å². The van der Waals surface area contributed by atoms with Crippen LogP contribution in [-0.4, -0.2) is 21.2 Å². The molecule has 0 heterocycles. The SMILES string of the molecule is O.O.O=[N+]([O-])O.[H-].[Li+]. The van der Waals surface area contributed by atoms with Gasteiger partial charge in [0.1, 0.15) is 0 Å². The van der Waals surface area contributed by atoms with E-state index in [0.29, 0.717) is 0 Å². The molecule has 0 fully saturated rings. The fourth-order valence-electron chi connectivity index (χ4n) is 0. The van der Waals surface area contributed by atoms with E-state index in [-0.39, 0.29) is 31.2 Å². The minimum atomic E-state index is -1.50. The summed E-state index contributed by atoms with van der Waals surface area (Å²) in [7, 11) is 0. The van der Waals surface area contributed by atoms with E-state index in [0.717, 1.165) is 0 Å². The van der Waals surface area contributed by atoms with Crippen LogP contribution in [0.2, 0.25) is 0 Å². The van der Waals surface area contributed by atoms with E-state index in [1.807, 2.05) is 0 Å². The van der Waals surface area contributed by atoms with Gasteiger partial charge in [-0.15, -0.1) is 10.1 Å². The number of hydrogen-bond acceptors (Lipinski definition) is 2. The number of nitrogens with zero attached hydrogens (tertiary/aromatic N) is 1. The summed E-state index contributed by atoms with van der Waals surface area (Å²) >= 11 is 0. The maximum Gasteiger partial charge on any atom is 1.00 e. The van der Waals surface area contributed by atoms with Gasteiger partial charge in [-0.2, -0.15) is 0 Å². The van der Waals surface area contributed by atoms with Gasteiger partial charge in [-0.25, -0.2) is 0 Å². The molecule has 0 radical (unpaired) electrons. The van der Waals surface area contributed by atoms with Crippen LogP contribution in [0.15, 0.2) is 0 Å². The fraction of sp³-hybridized carbons (Fsp3) is 0. The molecule has 0 aromatic carbocycles. The minimum Gasteiger partial charge on any atom is -1.00 e. The summed E-state index contributed by atoms with van der Waals surface area (Å²) in [5.74, 6) is 0. The average Bonchev–Trinajstić information content (AvgIpc) is 0.811. The molecule has 0 saturated carbocycles. The number of rotatable bonds is 0. The first kappa shape index (κ1) is 29.7. The maximum atomic E-state index is 8.36. The molecule has 0 saturated heterocycles. The molecule has 0 aliphatic heterocycles. The van der Waals surface area contributed by atoms with E-state index in [2.05, 4.69) is 0 Å². The van der Waals surface area contributed by atoms with Crippen LogP contribution in [0, 0.1) is 10.1 Å². The first-order valence-corrected chi connectivity index (χ1v) is 0.565. The van der Waals surface area contributed by atoms with Crippen molar-refractivity contribution in [3.8, 4) is 0 Å². The van der Waals surface area contributed by atoms with Gasteiger partial charge in [0.05, 0.1) is 0 Å². The van der Waals surface area contributed by atoms with Crippen molar-refractivity contribution >= 4 is 0 Å². The predicted molar refractivity (Wildman–Crippen MR) is 17.1 cm³/mol. The second-order valence-electron chi connectivity index (χ2n) is 0.238. The Labute approximate surface area is 52.5 Å². The molecule has 0 aromatic heterocycles. The van der Waals surface area contributed by atoms with Crippen molar-refractivity contribution in [3.63, 3.8) is 0 Å². The zero-order valence-corrected chi connectivity index (χ0v) is 3.71. The van der Waals surface area contributed by atoms with Gasteiger partial charge in [-0.1, -0.05) is 0 Å². The van der Waals surface area contributed by atoms with Crippen LogP contribution >= 0.6 is 0 Å². The van der Waals surface area contributed by atoms with Gasteiger partial charge in [0.25, 0.3) is 5.09 Å². The van der Waals surface area contributed by atoms with Crippen molar-refractivity contribution in [1.29, 1.82) is 0 Å². The molecule has 0 aromatic rings. The minimum absolute atomic E-state index is 0. The van der Waals surface area contributed by atoms with E-state index in [9.17, 15) is 0 Å². The first-order chi connectivity index (χ1) is 1.73. The molecule has 0 amide bonds. The Morgan fingerprint density at radius 3 is 1.57 bits per heavy atom. The third kappa shape index (κ3) is 989. The molecule has 42 valence electrons. The Kier molecular flexibility index (Phi) is 73.2. The van der Waals surface area contributed by atoms with Crippen molar-refractivity contribution < 1.29 is 41.5 Å². The normalized spacial score (nSPS) is 3.43. The van der Waals surface area contributed by atoms with Gasteiger partial charge < -0.3 is 17.6 Å². The average molecular weight is 107 g/mol. The van der Waals surface area contributed by atoms with Crippen molar-refractivity contribution in [2.24, 2.45) is 0 Å². The molecule has 5 N–H and O–H groups in total. The standard InChI is InChI=1S/Li.HNO3.2H2O.H/c;2-1(3)4;;;/h;(H,2,3,4);2*1H2;/q+1;;;;-1. The van der Waals surface area contributed by atoms with Crippen LogP contribution < -0.4 is 18.9 Å². The maximum absolute atomic E-state index is 8.36. The van der Waals surface area contributed by atoms with Gasteiger partial charge in [-0.3, -0.25) is 0 Å². The largest absolute Gasteiger partial charge is 1.00 e. The summed E-state index contributed by atoms with van der Waals surface area (Å²) in [6.07, 6.45) is 0. The third-order valence-electron chi connectivity index (χ3n) is 0. The van der Waals surface area contributed by atoms with Crippen LogP contribution in [-0.2, 0) is 0 Å². The summed E-state index contributed by atoms with van der Waals surface area (Å²) in [4.78, 5) is 8.36. The first-order valence-electron chi connectivity index (χ1n) is 0.565. The van der Waals surface area contributed by atoms with Gasteiger partial charge in [-0.05, 0) is 0 Å². The molecule has 7 heavy (non-hydrogen) atoms. The quantitative estimate of drug-likeness (QED) is 0.189. The number of hydrogen-bond donors (Lipinski definition) is 1. The predicted octanol–water partition coefficient (Wildman–Crippen LogP) is -4.88. The zero-order valence-electron chi connectivity index (χ0n) is 4.71. The van der Waals surface area contributed by atoms with Crippen LogP contribution in [0.1, 0.15) is 1.43 Å². The Morgan fingerprint density at radius 1 is 1.57 bits per heavy atom. The van der Waals surface area contributed by atoms with E-state index < -0.39 is 5.09 Å². The van der Waals surface area contributed by atoms with E-state index in [1.54, 1.807) is 0 Å². The van der Waals surface area contributed by atoms with Crippen LogP contribution in [0.4, 0.5) is 0 Å². The second kappa shape index (κ2) is 17.2. The van der Waals surface area contributed by atoms with Crippen LogP contribution in [0.5, 0.6) is 0 Å². The van der Waals surface area contributed by atoms with E-state index in [4.69, 9.17) is 15.3 Å². The summed E-state index contributed by atoms with van der Waals surface area (Å²) in [6.45, 7) is 0. The molecular formula is H6LiNO5. The second-order valence-corrected chi connectivity index (χ2v) is 0.238. The van der Waals surface area contributed by atoms with Gasteiger partial charge in [0, 0.05) is 0 Å². The Balaban J connectivity index is -0.00000000750. The molecule has 7 heteroatoms. The summed E-state index contributed by atoms with van der Waals surface area (Å²) < 4.78 is 0. The summed E-state index contributed by atoms with van der Waals surface area (Å²) in [6, 6.07) is 0. The van der Waals surface area contributed by atoms with Crippen LogP contribution in [0.25, 0.3) is 0 Å². The van der Waals surface area contributed by atoms with Gasteiger partial charge in [0.15, 0.2) is 0 Å². The smallest absolute Gasteiger partial charge is 1.00 e. The molecule has 0 aliphatic rings. The summed E-state index contributed by atoms with van der Waals surface area (Å²) in [5.41, 5.74) is 0. The van der Waals surface area contributed by atoms with Crippen LogP contribution in [0.3, 0.4) is 0 Å². The van der Waals surface area contributed by atoms with Crippen molar-refractivity contribution in [2.45, 2.75) is 0 Å². The van der Waals surface area contributed by atoms with Crippen molar-refractivity contribution in [2.75, 3.05) is 0 Å². The molecular weight excluding hydrogens is 101 g/mol. The molecule has 6 nitrogen and oxygen atoms in total. The molecule has 0 spiro atoms.